The van der Waals surface area contributed by atoms with Gasteiger partial charge in [-0.3, -0.25) is 9.79 Å². The lowest BCUT2D eigenvalue weighted by Gasteiger charge is -2.31. The number of nitrogens with one attached hydrogen (secondary N) is 1. The van der Waals surface area contributed by atoms with Gasteiger partial charge in [0.1, 0.15) is 5.82 Å². The lowest BCUT2D eigenvalue weighted by Crippen LogP contribution is -2.42. The molecule has 1 saturated heterocycles. The number of hydrogen-bond donors (Lipinski definition) is 2. The van der Waals surface area contributed by atoms with E-state index in [0.29, 0.717) is 24.7 Å². The third-order valence-corrected chi connectivity index (χ3v) is 3.90. The fourth-order valence-corrected chi connectivity index (χ4v) is 2.36. The Morgan fingerprint density at radius 2 is 2.18 bits per heavy atom. The minimum Gasteiger partial charge on any atom is -0.370 e. The molecule has 1 aromatic rings. The molecule has 1 fully saturated rings. The number of aliphatic imine (C=N–C) groups is 1. The van der Waals surface area contributed by atoms with Crippen LogP contribution in [0.4, 0.5) is 5.82 Å². The van der Waals surface area contributed by atoms with Crippen molar-refractivity contribution < 1.29 is 4.79 Å². The number of hydrogen-bond acceptors (Lipinski definition) is 3. The van der Waals surface area contributed by atoms with Gasteiger partial charge in [-0.05, 0) is 37.3 Å². The molecule has 0 aromatic carbocycles. The molecular formula is C16H25N5O. The number of aryl methyl sites for hydroxylation is 1. The number of carbonyl (C=O) groups excluding carboxylic acids is 1. The highest BCUT2D eigenvalue weighted by molar-refractivity contribution is 5.90. The van der Waals surface area contributed by atoms with Crippen LogP contribution in [0.25, 0.3) is 0 Å². The highest BCUT2D eigenvalue weighted by Crippen LogP contribution is 2.15. The maximum absolute atomic E-state index is 11.8. The van der Waals surface area contributed by atoms with Crippen LogP contribution in [-0.4, -0.2) is 41.4 Å². The summed E-state index contributed by atoms with van der Waals surface area (Å²) < 4.78 is 0. The smallest absolute Gasteiger partial charge is 0.227 e. The van der Waals surface area contributed by atoms with Crippen molar-refractivity contribution in [1.82, 2.24) is 9.88 Å². The van der Waals surface area contributed by atoms with E-state index < -0.39 is 0 Å². The second-order valence-corrected chi connectivity index (χ2v) is 5.93. The molecule has 120 valence electrons. The molecule has 0 unspecified atom stereocenters. The van der Waals surface area contributed by atoms with Crippen molar-refractivity contribution in [2.45, 2.75) is 33.1 Å². The van der Waals surface area contributed by atoms with E-state index in [-0.39, 0.29) is 5.91 Å². The summed E-state index contributed by atoms with van der Waals surface area (Å²) in [7, 11) is 0. The molecule has 0 atom stereocenters. The first-order chi connectivity index (χ1) is 10.5. The van der Waals surface area contributed by atoms with Crippen molar-refractivity contribution in [2.75, 3.05) is 25.0 Å². The van der Waals surface area contributed by atoms with Crippen molar-refractivity contribution in [3.8, 4) is 0 Å². The van der Waals surface area contributed by atoms with E-state index in [9.17, 15) is 4.79 Å². The molecule has 0 saturated carbocycles. The number of aromatic nitrogens is 1. The van der Waals surface area contributed by atoms with Crippen molar-refractivity contribution in [1.29, 1.82) is 0 Å². The molecule has 1 amide bonds. The van der Waals surface area contributed by atoms with Crippen molar-refractivity contribution in [3.05, 3.63) is 23.9 Å². The number of rotatable bonds is 4. The largest absolute Gasteiger partial charge is 0.370 e. The van der Waals surface area contributed by atoms with Gasteiger partial charge in [0.2, 0.25) is 5.91 Å². The first-order valence-electron chi connectivity index (χ1n) is 7.82. The molecule has 0 bridgehead atoms. The Labute approximate surface area is 131 Å². The Morgan fingerprint density at radius 1 is 1.45 bits per heavy atom. The van der Waals surface area contributed by atoms with Crippen LogP contribution in [-0.2, 0) is 4.79 Å². The zero-order chi connectivity index (χ0) is 15.9. The first-order valence-corrected chi connectivity index (χ1v) is 7.82. The lowest BCUT2D eigenvalue weighted by atomic mass is 10.00. The molecule has 6 heteroatoms. The van der Waals surface area contributed by atoms with Gasteiger partial charge in [0, 0.05) is 25.7 Å². The number of nitrogens with two attached hydrogens (primary N) is 1. The average molecular weight is 303 g/mol. The quantitative estimate of drug-likeness (QED) is 0.656. The van der Waals surface area contributed by atoms with Crippen LogP contribution in [0.2, 0.25) is 0 Å². The summed E-state index contributed by atoms with van der Waals surface area (Å²) in [6, 6.07) is 3.70. The van der Waals surface area contributed by atoms with E-state index >= 15 is 0 Å². The van der Waals surface area contributed by atoms with Crippen LogP contribution in [0, 0.1) is 12.8 Å². The van der Waals surface area contributed by atoms with E-state index in [2.05, 4.69) is 27.1 Å². The molecule has 0 radical (unpaired) electrons. The van der Waals surface area contributed by atoms with Crippen LogP contribution in [0.3, 0.4) is 0 Å². The van der Waals surface area contributed by atoms with Gasteiger partial charge in [0.25, 0.3) is 0 Å². The number of likely N-dealkylation sites (tertiary alicyclic amines) is 1. The highest BCUT2D eigenvalue weighted by atomic mass is 16.1. The SMILES string of the molecule is Cc1ccc(NC(=O)CCN=C(N)N2CCC(C)CC2)nc1. The Morgan fingerprint density at radius 3 is 2.82 bits per heavy atom. The van der Waals surface area contributed by atoms with Crippen molar-refractivity contribution in [2.24, 2.45) is 16.6 Å². The molecule has 22 heavy (non-hydrogen) atoms. The van der Waals surface area contributed by atoms with Crippen molar-refractivity contribution in [3.63, 3.8) is 0 Å². The third kappa shape index (κ3) is 5.02. The molecule has 1 aromatic heterocycles. The van der Waals surface area contributed by atoms with Crippen LogP contribution in [0.1, 0.15) is 31.7 Å². The number of anilines is 1. The summed E-state index contributed by atoms with van der Waals surface area (Å²) in [4.78, 5) is 22.4. The third-order valence-electron chi connectivity index (χ3n) is 3.90. The number of amides is 1. The lowest BCUT2D eigenvalue weighted by molar-refractivity contribution is -0.116. The fraction of sp³-hybridized carbons (Fsp3) is 0.562. The van der Waals surface area contributed by atoms with Crippen LogP contribution in [0.5, 0.6) is 0 Å². The van der Waals surface area contributed by atoms with Gasteiger partial charge in [-0.15, -0.1) is 0 Å². The van der Waals surface area contributed by atoms with Gasteiger partial charge in [-0.25, -0.2) is 4.98 Å². The number of guanidine groups is 1. The number of carbonyl (C=O) groups is 1. The molecule has 3 N–H and O–H groups in total. The molecule has 0 aliphatic carbocycles. The van der Waals surface area contributed by atoms with Gasteiger partial charge in [-0.2, -0.15) is 0 Å². The van der Waals surface area contributed by atoms with Crippen LogP contribution >= 0.6 is 0 Å². The van der Waals surface area contributed by atoms with Gasteiger partial charge >= 0.3 is 0 Å². The zero-order valence-electron chi connectivity index (χ0n) is 13.4. The van der Waals surface area contributed by atoms with Crippen molar-refractivity contribution >= 4 is 17.7 Å². The first kappa shape index (κ1) is 16.3. The summed E-state index contributed by atoms with van der Waals surface area (Å²) in [5, 5.41) is 2.75. The second-order valence-electron chi connectivity index (χ2n) is 5.93. The normalized spacial score (nSPS) is 16.6. The predicted octanol–water partition coefficient (Wildman–Crippen LogP) is 1.77. The van der Waals surface area contributed by atoms with E-state index in [1.54, 1.807) is 12.3 Å². The minimum atomic E-state index is -0.0971. The Kier molecular flexibility index (Phi) is 5.75. The molecule has 6 nitrogen and oxygen atoms in total. The summed E-state index contributed by atoms with van der Waals surface area (Å²) in [6.45, 7) is 6.52. The van der Waals surface area contributed by atoms with E-state index in [0.717, 1.165) is 37.4 Å². The highest BCUT2D eigenvalue weighted by Gasteiger charge is 2.16. The number of piperidine rings is 1. The minimum absolute atomic E-state index is 0.0971. The van der Waals surface area contributed by atoms with Gasteiger partial charge in [0.05, 0.1) is 6.54 Å². The maximum atomic E-state index is 11.8. The Balaban J connectivity index is 1.73. The Hall–Kier alpha value is -2.11. The van der Waals surface area contributed by atoms with Gasteiger partial charge < -0.3 is 16.0 Å². The molecular weight excluding hydrogens is 278 g/mol. The van der Waals surface area contributed by atoms with Crippen LogP contribution < -0.4 is 11.1 Å². The summed E-state index contributed by atoms with van der Waals surface area (Å²) >= 11 is 0. The molecule has 2 heterocycles. The standard InChI is InChI=1S/C16H25N5O/c1-12-6-9-21(10-7-12)16(17)18-8-5-15(22)20-14-4-3-13(2)11-19-14/h3-4,11-12H,5-10H2,1-2H3,(H2,17,18)(H,19,20,22). The van der Waals surface area contributed by atoms with Crippen LogP contribution in [0.15, 0.2) is 23.3 Å². The van der Waals surface area contributed by atoms with Gasteiger partial charge in [-0.1, -0.05) is 13.0 Å². The number of pyridine rings is 1. The average Bonchev–Trinajstić information content (AvgIpc) is 2.50. The van der Waals surface area contributed by atoms with E-state index in [4.69, 9.17) is 5.73 Å². The summed E-state index contributed by atoms with van der Waals surface area (Å²) in [6.07, 6.45) is 4.33. The Bertz CT molecular complexity index is 518. The van der Waals surface area contributed by atoms with E-state index in [1.807, 2.05) is 13.0 Å². The zero-order valence-corrected chi connectivity index (χ0v) is 13.4. The number of nitrogens with zero attached hydrogens (tertiary/aromatic N) is 3. The fourth-order valence-electron chi connectivity index (χ4n) is 2.36. The molecule has 2 rings (SSSR count). The molecule has 1 aliphatic rings. The van der Waals surface area contributed by atoms with Gasteiger partial charge in [0.15, 0.2) is 5.96 Å². The monoisotopic (exact) mass is 303 g/mol. The predicted molar refractivity (Wildman–Crippen MR) is 88.7 cm³/mol. The second kappa shape index (κ2) is 7.77. The molecule has 1 aliphatic heterocycles. The topological polar surface area (TPSA) is 83.6 Å². The maximum Gasteiger partial charge on any atom is 0.227 e. The van der Waals surface area contributed by atoms with E-state index in [1.165, 1.54) is 0 Å². The summed E-state index contributed by atoms with van der Waals surface area (Å²) in [5.41, 5.74) is 7.04. The molecule has 0 spiro atoms. The summed E-state index contributed by atoms with van der Waals surface area (Å²) in [5.74, 6) is 1.78.